The fourth-order valence-electron chi connectivity index (χ4n) is 2.01. The fourth-order valence-corrected chi connectivity index (χ4v) is 2.01. The van der Waals surface area contributed by atoms with Gasteiger partial charge in [-0.2, -0.15) is 5.26 Å². The van der Waals surface area contributed by atoms with Crippen molar-refractivity contribution in [3.05, 3.63) is 65.2 Å². The third-order valence-electron chi connectivity index (χ3n) is 3.44. The Kier molecular flexibility index (Phi) is 6.55. The highest BCUT2D eigenvalue weighted by Gasteiger charge is 2.09. The summed E-state index contributed by atoms with van der Waals surface area (Å²) in [5.41, 5.74) is 2.59. The molecule has 128 valence electrons. The van der Waals surface area contributed by atoms with E-state index in [-0.39, 0.29) is 19.1 Å². The molecule has 0 aromatic heterocycles. The molecule has 0 saturated carbocycles. The number of nitrogens with one attached hydrogen (secondary N) is 1. The highest BCUT2D eigenvalue weighted by Crippen LogP contribution is 2.11. The number of esters is 1. The molecular weight excluding hydrogens is 320 g/mol. The third-order valence-corrected chi connectivity index (χ3v) is 3.44. The summed E-state index contributed by atoms with van der Waals surface area (Å²) in [6.07, 6.45) is 0. The number of nitrogens with zero attached hydrogens (tertiary/aromatic N) is 1. The van der Waals surface area contributed by atoms with Crippen LogP contribution in [0.2, 0.25) is 0 Å². The first-order chi connectivity index (χ1) is 12.1. The number of nitriles is 1. The molecule has 25 heavy (non-hydrogen) atoms. The summed E-state index contributed by atoms with van der Waals surface area (Å²) in [5.74, 6) is -0.578. The molecule has 0 atom stereocenters. The zero-order valence-electron chi connectivity index (χ0n) is 13.8. The van der Waals surface area contributed by atoms with Crippen LogP contribution in [0.3, 0.4) is 0 Å². The average molecular weight is 338 g/mol. The van der Waals surface area contributed by atoms with Crippen LogP contribution in [0.15, 0.2) is 48.5 Å². The van der Waals surface area contributed by atoms with Gasteiger partial charge in [-0.05, 0) is 42.3 Å². The predicted molar refractivity (Wildman–Crippen MR) is 90.6 cm³/mol. The lowest BCUT2D eigenvalue weighted by Gasteiger charge is -2.09. The van der Waals surface area contributed by atoms with E-state index in [0.717, 1.165) is 11.1 Å². The number of ether oxygens (including phenoxy) is 2. The molecule has 6 nitrogen and oxygen atoms in total. The second-order valence-electron chi connectivity index (χ2n) is 5.29. The number of hydrogen-bond acceptors (Lipinski definition) is 5. The van der Waals surface area contributed by atoms with Gasteiger partial charge in [-0.25, -0.2) is 4.79 Å². The van der Waals surface area contributed by atoms with Crippen LogP contribution >= 0.6 is 0 Å². The number of carbonyl (C=O) groups is 2. The molecule has 0 aliphatic carbocycles. The van der Waals surface area contributed by atoms with Gasteiger partial charge in [0.25, 0.3) is 5.91 Å². The Balaban J connectivity index is 1.67. The largest absolute Gasteiger partial charge is 0.482 e. The molecule has 0 spiro atoms. The van der Waals surface area contributed by atoms with E-state index in [1.54, 1.807) is 24.3 Å². The number of amides is 1. The number of rotatable bonds is 7. The van der Waals surface area contributed by atoms with E-state index < -0.39 is 5.97 Å². The number of hydrogen-bond donors (Lipinski definition) is 1. The summed E-state index contributed by atoms with van der Waals surface area (Å²) in [6, 6.07) is 16.0. The van der Waals surface area contributed by atoms with Crippen molar-refractivity contribution in [2.75, 3.05) is 13.2 Å². The Bertz CT molecular complexity index is 779. The molecule has 1 amide bonds. The first-order valence-electron chi connectivity index (χ1n) is 7.68. The molecule has 6 heteroatoms. The summed E-state index contributed by atoms with van der Waals surface area (Å²) in [6.45, 7) is 1.67. The molecule has 1 N–H and O–H groups in total. The van der Waals surface area contributed by atoms with Gasteiger partial charge in [0.05, 0.1) is 11.6 Å². The van der Waals surface area contributed by atoms with Crippen LogP contribution in [-0.4, -0.2) is 25.1 Å². The Morgan fingerprint density at radius 2 is 1.80 bits per heavy atom. The molecule has 0 bridgehead atoms. The Labute approximate surface area is 146 Å². The normalized spacial score (nSPS) is 9.76. The molecule has 2 aromatic rings. The molecule has 0 saturated heterocycles. The molecule has 0 heterocycles. The molecular formula is C19H18N2O4. The number of carbonyl (C=O) groups excluding carboxylic acids is 2. The van der Waals surface area contributed by atoms with Crippen molar-refractivity contribution in [2.45, 2.75) is 13.5 Å². The predicted octanol–water partition coefficient (Wildman–Crippen LogP) is 2.11. The topological polar surface area (TPSA) is 88.4 Å². The van der Waals surface area contributed by atoms with Gasteiger partial charge in [0.1, 0.15) is 5.75 Å². The average Bonchev–Trinajstić information content (AvgIpc) is 2.64. The van der Waals surface area contributed by atoms with E-state index in [9.17, 15) is 9.59 Å². The summed E-state index contributed by atoms with van der Waals surface area (Å²) in [7, 11) is 0. The maximum Gasteiger partial charge on any atom is 0.344 e. The summed E-state index contributed by atoms with van der Waals surface area (Å²) in [4.78, 5) is 23.3. The van der Waals surface area contributed by atoms with Crippen LogP contribution in [0.4, 0.5) is 0 Å². The van der Waals surface area contributed by atoms with Gasteiger partial charge < -0.3 is 14.8 Å². The highest BCUT2D eigenvalue weighted by atomic mass is 16.6. The maximum absolute atomic E-state index is 11.7. The van der Waals surface area contributed by atoms with Crippen LogP contribution in [0.1, 0.15) is 16.7 Å². The summed E-state index contributed by atoms with van der Waals surface area (Å²) < 4.78 is 10.1. The lowest BCUT2D eigenvalue weighted by Crippen LogP contribution is -2.29. The molecule has 2 aromatic carbocycles. The van der Waals surface area contributed by atoms with Crippen molar-refractivity contribution < 1.29 is 19.1 Å². The molecule has 0 aliphatic rings. The van der Waals surface area contributed by atoms with Crippen molar-refractivity contribution in [2.24, 2.45) is 0 Å². The van der Waals surface area contributed by atoms with E-state index in [2.05, 4.69) is 5.32 Å². The third kappa shape index (κ3) is 5.99. The fraction of sp³-hybridized carbons (Fsp3) is 0.211. The van der Waals surface area contributed by atoms with Crippen molar-refractivity contribution >= 4 is 11.9 Å². The van der Waals surface area contributed by atoms with E-state index >= 15 is 0 Å². The van der Waals surface area contributed by atoms with Crippen molar-refractivity contribution in [3.63, 3.8) is 0 Å². The Morgan fingerprint density at radius 3 is 2.48 bits per heavy atom. The maximum atomic E-state index is 11.7. The van der Waals surface area contributed by atoms with Crippen LogP contribution in [0.5, 0.6) is 5.75 Å². The standard InChI is InChI=1S/C19H18N2O4/c1-14-4-2-3-5-16(14)11-21-18(22)12-25-19(23)13-24-17-8-6-15(10-20)7-9-17/h2-9H,11-13H2,1H3,(H,21,22). The quantitative estimate of drug-likeness (QED) is 0.781. The minimum Gasteiger partial charge on any atom is -0.482 e. The minimum absolute atomic E-state index is 0.309. The van der Waals surface area contributed by atoms with Crippen LogP contribution < -0.4 is 10.1 Å². The van der Waals surface area contributed by atoms with E-state index in [1.165, 1.54) is 0 Å². The second-order valence-corrected chi connectivity index (χ2v) is 5.29. The van der Waals surface area contributed by atoms with Crippen LogP contribution in [0, 0.1) is 18.3 Å². The molecule has 0 radical (unpaired) electrons. The Hall–Kier alpha value is -3.33. The van der Waals surface area contributed by atoms with Gasteiger partial charge >= 0.3 is 5.97 Å². The van der Waals surface area contributed by atoms with Crippen LogP contribution in [-0.2, 0) is 20.9 Å². The van der Waals surface area contributed by atoms with Gasteiger partial charge in [0, 0.05) is 6.54 Å². The first kappa shape index (κ1) is 18.0. The van der Waals surface area contributed by atoms with Crippen molar-refractivity contribution in [3.8, 4) is 11.8 Å². The lowest BCUT2D eigenvalue weighted by atomic mass is 10.1. The molecule has 0 aliphatic heterocycles. The van der Waals surface area contributed by atoms with Gasteiger partial charge in [-0.15, -0.1) is 0 Å². The molecule has 0 unspecified atom stereocenters. The Morgan fingerprint density at radius 1 is 1.08 bits per heavy atom. The SMILES string of the molecule is Cc1ccccc1CNC(=O)COC(=O)COc1ccc(C#N)cc1. The number of aryl methyl sites for hydroxylation is 1. The smallest absolute Gasteiger partial charge is 0.344 e. The van der Waals surface area contributed by atoms with Crippen molar-refractivity contribution in [1.29, 1.82) is 5.26 Å². The first-order valence-corrected chi connectivity index (χ1v) is 7.68. The van der Waals surface area contributed by atoms with Gasteiger partial charge in [-0.1, -0.05) is 24.3 Å². The van der Waals surface area contributed by atoms with Gasteiger partial charge in [-0.3, -0.25) is 4.79 Å². The summed E-state index contributed by atoms with van der Waals surface area (Å²) in [5, 5.41) is 11.4. The lowest BCUT2D eigenvalue weighted by molar-refractivity contribution is -0.150. The van der Waals surface area contributed by atoms with Crippen molar-refractivity contribution in [1.82, 2.24) is 5.32 Å². The highest BCUT2D eigenvalue weighted by molar-refractivity contribution is 5.80. The van der Waals surface area contributed by atoms with Crippen LogP contribution in [0.25, 0.3) is 0 Å². The molecule has 2 rings (SSSR count). The van der Waals surface area contributed by atoms with E-state index in [4.69, 9.17) is 14.7 Å². The number of benzene rings is 2. The second kappa shape index (κ2) is 9.08. The van der Waals surface area contributed by atoms with E-state index in [0.29, 0.717) is 17.9 Å². The summed E-state index contributed by atoms with van der Waals surface area (Å²) >= 11 is 0. The van der Waals surface area contributed by atoms with E-state index in [1.807, 2.05) is 37.3 Å². The van der Waals surface area contributed by atoms with Gasteiger partial charge in [0.15, 0.2) is 13.2 Å². The minimum atomic E-state index is -0.643. The zero-order chi connectivity index (χ0) is 18.1. The zero-order valence-corrected chi connectivity index (χ0v) is 13.8. The molecule has 0 fully saturated rings. The monoisotopic (exact) mass is 338 g/mol. The van der Waals surface area contributed by atoms with Gasteiger partial charge in [0.2, 0.25) is 0 Å².